The van der Waals surface area contributed by atoms with Crippen molar-refractivity contribution in [2.24, 2.45) is 0 Å². The molecule has 0 aromatic heterocycles. The number of benzene rings is 2. The molecule has 12 heteroatoms. The van der Waals surface area contributed by atoms with Crippen LogP contribution in [-0.4, -0.2) is 44.8 Å². The Morgan fingerprint density at radius 3 is 2.40 bits per heavy atom. The van der Waals surface area contributed by atoms with Gasteiger partial charge in [-0.1, -0.05) is 6.92 Å². The fourth-order valence-electron chi connectivity index (χ4n) is 4.34. The summed E-state index contributed by atoms with van der Waals surface area (Å²) < 4.78 is 59.0. The van der Waals surface area contributed by atoms with Crippen molar-refractivity contribution in [1.82, 2.24) is 0 Å². The Hall–Kier alpha value is -1.95. The van der Waals surface area contributed by atoms with E-state index in [0.29, 0.717) is 22.1 Å². The van der Waals surface area contributed by atoms with Crippen molar-refractivity contribution in [3.8, 4) is 5.75 Å². The molecular formula is C23H26BrClF2N2O5S. The quantitative estimate of drug-likeness (QED) is 0.286. The molecule has 0 fully saturated rings. The van der Waals surface area contributed by atoms with Gasteiger partial charge in [-0.05, 0) is 78.2 Å². The van der Waals surface area contributed by atoms with E-state index in [-0.39, 0.29) is 30.4 Å². The van der Waals surface area contributed by atoms with Crippen molar-refractivity contribution in [2.45, 2.75) is 50.8 Å². The lowest BCUT2D eigenvalue weighted by Crippen LogP contribution is -2.42. The summed E-state index contributed by atoms with van der Waals surface area (Å²) in [6.45, 7) is 6.01. The summed E-state index contributed by atoms with van der Waals surface area (Å²) >= 11 is 8.36. The van der Waals surface area contributed by atoms with Crippen molar-refractivity contribution in [3.05, 3.63) is 52.0 Å². The highest BCUT2D eigenvalue weighted by atomic mass is 79.9. The van der Waals surface area contributed by atoms with E-state index in [4.69, 9.17) is 15.8 Å². The number of anilines is 2. The molecule has 3 rings (SSSR count). The second-order valence-corrected chi connectivity index (χ2v) is 11.4. The number of amides is 1. The normalized spacial score (nSPS) is 18.0. The van der Waals surface area contributed by atoms with Crippen molar-refractivity contribution in [2.75, 3.05) is 23.1 Å². The number of hydrogen-bond acceptors (Lipinski definition) is 6. The largest absolute Gasteiger partial charge is 0.487 e. The smallest absolute Gasteiger partial charge is 0.420 e. The average Bonchev–Trinajstić information content (AvgIpc) is 3.06. The molecule has 0 radical (unpaired) electrons. The van der Waals surface area contributed by atoms with E-state index >= 15 is 0 Å². The predicted octanol–water partition coefficient (Wildman–Crippen LogP) is 5.94. The average molecular weight is 596 g/mol. The SMILES string of the molecule is CCC1c2cc(C(=O)Nc3ccc(OC(F)(F)Cl)cc3)cc(Br)c2N(C(C)C)C1COS(C)(=O)=O. The number of nitrogens with zero attached hydrogens (tertiary/aromatic N) is 1. The molecule has 0 bridgehead atoms. The van der Waals surface area contributed by atoms with Gasteiger partial charge in [0, 0.05) is 39.3 Å². The van der Waals surface area contributed by atoms with Crippen LogP contribution in [0.2, 0.25) is 0 Å². The fraction of sp³-hybridized carbons (Fsp3) is 0.435. The molecule has 2 aromatic carbocycles. The zero-order valence-electron chi connectivity index (χ0n) is 19.5. The van der Waals surface area contributed by atoms with Crippen LogP contribution in [0.3, 0.4) is 0 Å². The minimum absolute atomic E-state index is 0.00601. The van der Waals surface area contributed by atoms with Crippen LogP contribution >= 0.6 is 27.5 Å². The Kier molecular flexibility index (Phi) is 8.35. The van der Waals surface area contributed by atoms with E-state index in [1.165, 1.54) is 24.3 Å². The maximum atomic E-state index is 13.0. The predicted molar refractivity (Wildman–Crippen MR) is 135 cm³/mol. The van der Waals surface area contributed by atoms with Crippen LogP contribution < -0.4 is 15.0 Å². The summed E-state index contributed by atoms with van der Waals surface area (Å²) in [7, 11) is -3.62. The first-order valence-electron chi connectivity index (χ1n) is 10.8. The standard InChI is InChI=1S/C23H26BrClF2N2O5S/c1-5-17-18-10-14(22(30)28-15-6-8-16(9-7-15)34-23(25,26)27)11-19(24)21(18)29(13(2)3)20(17)12-33-35(4,31)32/h6-11,13,17,20H,5,12H2,1-4H3,(H,28,30). The number of halogens is 4. The first kappa shape index (κ1) is 27.6. The third-order valence-electron chi connectivity index (χ3n) is 5.63. The second-order valence-electron chi connectivity index (χ2n) is 8.49. The highest BCUT2D eigenvalue weighted by Gasteiger charge is 2.41. The van der Waals surface area contributed by atoms with Gasteiger partial charge in [-0.2, -0.15) is 8.42 Å². The molecule has 2 atom stereocenters. The number of rotatable bonds is 9. The zero-order valence-corrected chi connectivity index (χ0v) is 22.7. The Labute approximate surface area is 217 Å². The van der Waals surface area contributed by atoms with E-state index in [0.717, 1.165) is 17.5 Å². The molecule has 7 nitrogen and oxygen atoms in total. The Bertz CT molecular complexity index is 1190. The fourth-order valence-corrected chi connectivity index (χ4v) is 5.50. The van der Waals surface area contributed by atoms with Gasteiger partial charge in [0.2, 0.25) is 0 Å². The number of hydrogen-bond donors (Lipinski definition) is 1. The van der Waals surface area contributed by atoms with E-state index < -0.39 is 21.6 Å². The summed E-state index contributed by atoms with van der Waals surface area (Å²) in [6, 6.07) is 8.70. The summed E-state index contributed by atoms with van der Waals surface area (Å²) in [4.78, 5) is 15.1. The van der Waals surface area contributed by atoms with Gasteiger partial charge < -0.3 is 15.0 Å². The van der Waals surface area contributed by atoms with Gasteiger partial charge in [0.15, 0.2) is 0 Å². The molecule has 0 spiro atoms. The maximum Gasteiger partial charge on any atom is 0.487 e. The van der Waals surface area contributed by atoms with E-state index in [1.807, 2.05) is 20.8 Å². The molecular weight excluding hydrogens is 570 g/mol. The van der Waals surface area contributed by atoms with Crippen LogP contribution in [0.1, 0.15) is 49.0 Å². The summed E-state index contributed by atoms with van der Waals surface area (Å²) in [5, 5.41) is 2.74. The first-order valence-corrected chi connectivity index (χ1v) is 13.8. The van der Waals surface area contributed by atoms with Gasteiger partial charge in [0.25, 0.3) is 16.0 Å². The van der Waals surface area contributed by atoms with E-state index in [2.05, 4.69) is 30.9 Å². The molecule has 2 unspecified atom stereocenters. The molecule has 1 aliphatic heterocycles. The van der Waals surface area contributed by atoms with Gasteiger partial charge in [-0.25, -0.2) is 0 Å². The van der Waals surface area contributed by atoms with Crippen LogP contribution in [0.15, 0.2) is 40.9 Å². The zero-order chi connectivity index (χ0) is 26.1. The van der Waals surface area contributed by atoms with Crippen LogP contribution in [0, 0.1) is 0 Å². The third-order valence-corrected chi connectivity index (χ3v) is 6.88. The lowest BCUT2D eigenvalue weighted by Gasteiger charge is -2.33. The topological polar surface area (TPSA) is 84.9 Å². The molecule has 192 valence electrons. The monoisotopic (exact) mass is 594 g/mol. The number of ether oxygens (including phenoxy) is 1. The van der Waals surface area contributed by atoms with Crippen molar-refractivity contribution in [1.29, 1.82) is 0 Å². The van der Waals surface area contributed by atoms with Crippen molar-refractivity contribution in [3.63, 3.8) is 0 Å². The molecule has 1 amide bonds. The molecule has 1 N–H and O–H groups in total. The molecule has 2 aromatic rings. The van der Waals surface area contributed by atoms with Gasteiger partial charge in [-0.3, -0.25) is 8.98 Å². The second kappa shape index (κ2) is 10.6. The Balaban J connectivity index is 1.88. The highest BCUT2D eigenvalue weighted by Crippen LogP contribution is 2.48. The van der Waals surface area contributed by atoms with Crippen LogP contribution in [0.4, 0.5) is 20.2 Å². The molecule has 0 aliphatic carbocycles. The number of fused-ring (bicyclic) bond motifs is 1. The molecule has 1 heterocycles. The van der Waals surface area contributed by atoms with Crippen molar-refractivity contribution >= 4 is 54.9 Å². The van der Waals surface area contributed by atoms with Gasteiger partial charge in [-0.15, -0.1) is 8.78 Å². The summed E-state index contributed by atoms with van der Waals surface area (Å²) in [5.74, 6) is -0.608. The molecule has 1 aliphatic rings. The van der Waals surface area contributed by atoms with Gasteiger partial charge in [0.05, 0.1) is 24.6 Å². The lowest BCUT2D eigenvalue weighted by molar-refractivity contribution is -0.0964. The minimum Gasteiger partial charge on any atom is -0.420 e. The third kappa shape index (κ3) is 6.84. The number of alkyl halides is 3. The van der Waals surface area contributed by atoms with Gasteiger partial charge >= 0.3 is 5.57 Å². The number of carbonyl (C=O) groups excluding carboxylic acids is 1. The first-order chi connectivity index (χ1) is 16.2. The van der Waals surface area contributed by atoms with Crippen LogP contribution in [0.5, 0.6) is 5.75 Å². The van der Waals surface area contributed by atoms with E-state index in [9.17, 15) is 22.0 Å². The maximum absolute atomic E-state index is 13.0. The summed E-state index contributed by atoms with van der Waals surface area (Å²) in [6.07, 6.45) is 1.73. The molecule has 0 saturated carbocycles. The van der Waals surface area contributed by atoms with Crippen LogP contribution in [-0.2, 0) is 14.3 Å². The Morgan fingerprint density at radius 1 is 1.26 bits per heavy atom. The molecule has 0 saturated heterocycles. The van der Waals surface area contributed by atoms with Gasteiger partial charge in [0.1, 0.15) is 5.75 Å². The lowest BCUT2D eigenvalue weighted by atomic mass is 9.91. The minimum atomic E-state index is -3.83. The van der Waals surface area contributed by atoms with Crippen molar-refractivity contribution < 1.29 is 30.9 Å². The molecule has 35 heavy (non-hydrogen) atoms. The number of carbonyl (C=O) groups is 1. The van der Waals surface area contributed by atoms with E-state index in [1.54, 1.807) is 12.1 Å². The number of nitrogens with one attached hydrogen (secondary N) is 1. The summed E-state index contributed by atoms with van der Waals surface area (Å²) in [5.41, 5.74) is -1.25. The Morgan fingerprint density at radius 2 is 1.89 bits per heavy atom. The highest BCUT2D eigenvalue weighted by molar-refractivity contribution is 9.10. The van der Waals surface area contributed by atoms with Crippen LogP contribution in [0.25, 0.3) is 0 Å².